The first-order valence-electron chi connectivity index (χ1n) is 7.96. The predicted molar refractivity (Wildman–Crippen MR) is 97.5 cm³/mol. The minimum atomic E-state index is -0.500. The van der Waals surface area contributed by atoms with Gasteiger partial charge in [0.15, 0.2) is 0 Å². The van der Waals surface area contributed by atoms with Crippen LogP contribution in [0.4, 0.5) is 10.1 Å². The second-order valence-electron chi connectivity index (χ2n) is 5.77. The highest BCUT2D eigenvalue weighted by atomic mass is 19.1. The lowest BCUT2D eigenvalue weighted by atomic mass is 10.1. The van der Waals surface area contributed by atoms with E-state index in [0.717, 1.165) is 5.56 Å². The Morgan fingerprint density at radius 2 is 1.77 bits per heavy atom. The summed E-state index contributed by atoms with van der Waals surface area (Å²) in [6.45, 7) is 0. The topological polar surface area (TPSA) is 78.0 Å². The van der Waals surface area contributed by atoms with Crippen LogP contribution in [-0.2, 0) is 0 Å². The number of anilines is 1. The zero-order chi connectivity index (χ0) is 18.1. The fourth-order valence-electron chi connectivity index (χ4n) is 2.72. The Balaban J connectivity index is 1.72. The summed E-state index contributed by atoms with van der Waals surface area (Å²) in [5, 5.41) is 12.0. The van der Waals surface area contributed by atoms with Gasteiger partial charge in [-0.15, -0.1) is 0 Å². The number of aromatic amines is 1. The number of phenols is 1. The number of para-hydroxylation sites is 2. The lowest BCUT2D eigenvalue weighted by molar-refractivity contribution is 0.102. The maximum atomic E-state index is 13.8. The number of benzene rings is 3. The molecule has 6 heteroatoms. The molecule has 0 bridgehead atoms. The van der Waals surface area contributed by atoms with Crippen LogP contribution < -0.4 is 5.32 Å². The Bertz CT molecular complexity index is 1100. The molecule has 0 aliphatic heterocycles. The molecule has 1 heterocycles. The molecule has 3 N–H and O–H groups in total. The van der Waals surface area contributed by atoms with Gasteiger partial charge in [0.05, 0.1) is 16.8 Å². The van der Waals surface area contributed by atoms with E-state index in [9.17, 15) is 14.3 Å². The molecule has 0 aliphatic rings. The number of nitrogens with zero attached hydrogens (tertiary/aromatic N) is 1. The fraction of sp³-hybridized carbons (Fsp3) is 0. The van der Waals surface area contributed by atoms with Crippen LogP contribution in [0, 0.1) is 5.82 Å². The number of rotatable bonds is 3. The van der Waals surface area contributed by atoms with E-state index in [0.29, 0.717) is 22.4 Å². The number of fused-ring (bicyclic) bond motifs is 1. The van der Waals surface area contributed by atoms with Crippen LogP contribution in [0.25, 0.3) is 22.4 Å². The largest absolute Gasteiger partial charge is 0.508 e. The molecule has 1 amide bonds. The van der Waals surface area contributed by atoms with Gasteiger partial charge < -0.3 is 15.4 Å². The average molecular weight is 347 g/mol. The second-order valence-corrected chi connectivity index (χ2v) is 5.77. The van der Waals surface area contributed by atoms with Crippen LogP contribution in [0.1, 0.15) is 10.4 Å². The number of hydrogen-bond donors (Lipinski definition) is 3. The molecule has 0 atom stereocenters. The highest BCUT2D eigenvalue weighted by Crippen LogP contribution is 2.25. The highest BCUT2D eigenvalue weighted by Gasteiger charge is 2.15. The van der Waals surface area contributed by atoms with Crippen LogP contribution >= 0.6 is 0 Å². The quantitative estimate of drug-likeness (QED) is 0.516. The van der Waals surface area contributed by atoms with Crippen molar-refractivity contribution in [3.05, 3.63) is 78.1 Å². The standard InChI is InChI=1S/C20H14FN3O2/c21-15-5-1-2-6-16(15)23-20(26)14-4-3-7-17-18(14)24-19(22-17)12-8-10-13(25)11-9-12/h1-11,25H,(H,22,24)(H,23,26). The predicted octanol–water partition coefficient (Wildman–Crippen LogP) is 4.33. The number of carbonyl (C=O) groups excluding carboxylic acids is 1. The molecule has 0 saturated heterocycles. The molecule has 0 fully saturated rings. The number of halogens is 1. The van der Waals surface area contributed by atoms with Crippen LogP contribution in [0.5, 0.6) is 5.75 Å². The zero-order valence-corrected chi connectivity index (χ0v) is 13.5. The van der Waals surface area contributed by atoms with E-state index < -0.39 is 11.7 Å². The number of aromatic nitrogens is 2. The first kappa shape index (κ1) is 15.8. The number of phenolic OH excluding ortho intramolecular Hbond substituents is 1. The van der Waals surface area contributed by atoms with E-state index >= 15 is 0 Å². The van der Waals surface area contributed by atoms with Crippen molar-refractivity contribution in [2.45, 2.75) is 0 Å². The Hall–Kier alpha value is -3.67. The van der Waals surface area contributed by atoms with Gasteiger partial charge in [0.2, 0.25) is 0 Å². The van der Waals surface area contributed by atoms with Crippen LogP contribution in [0.3, 0.4) is 0 Å². The lowest BCUT2D eigenvalue weighted by Crippen LogP contribution is -2.13. The maximum absolute atomic E-state index is 13.8. The van der Waals surface area contributed by atoms with Crippen molar-refractivity contribution < 1.29 is 14.3 Å². The summed E-state index contributed by atoms with van der Waals surface area (Å²) in [7, 11) is 0. The second kappa shape index (κ2) is 6.33. The van der Waals surface area contributed by atoms with Gasteiger partial charge in [0.25, 0.3) is 5.91 Å². The number of carbonyl (C=O) groups is 1. The van der Waals surface area contributed by atoms with Gasteiger partial charge in [-0.2, -0.15) is 0 Å². The van der Waals surface area contributed by atoms with Crippen molar-refractivity contribution in [1.29, 1.82) is 0 Å². The molecular weight excluding hydrogens is 333 g/mol. The molecule has 0 unspecified atom stereocenters. The average Bonchev–Trinajstić information content (AvgIpc) is 3.08. The minimum absolute atomic E-state index is 0.115. The summed E-state index contributed by atoms with van der Waals surface area (Å²) in [6.07, 6.45) is 0. The number of amides is 1. The van der Waals surface area contributed by atoms with Gasteiger partial charge in [-0.05, 0) is 48.5 Å². The van der Waals surface area contributed by atoms with Crippen LogP contribution in [0.2, 0.25) is 0 Å². The summed E-state index contributed by atoms with van der Waals surface area (Å²) in [6, 6.07) is 17.8. The molecule has 0 saturated carbocycles. The summed E-state index contributed by atoms with van der Waals surface area (Å²) in [4.78, 5) is 20.3. The third kappa shape index (κ3) is 2.88. The molecule has 1 aromatic heterocycles. The van der Waals surface area contributed by atoms with E-state index in [-0.39, 0.29) is 11.4 Å². The van der Waals surface area contributed by atoms with Gasteiger partial charge in [-0.1, -0.05) is 18.2 Å². The van der Waals surface area contributed by atoms with Crippen molar-refractivity contribution in [3.8, 4) is 17.1 Å². The highest BCUT2D eigenvalue weighted by molar-refractivity contribution is 6.11. The van der Waals surface area contributed by atoms with E-state index in [1.165, 1.54) is 12.1 Å². The van der Waals surface area contributed by atoms with E-state index in [4.69, 9.17) is 0 Å². The molecule has 5 nitrogen and oxygen atoms in total. The molecule has 4 rings (SSSR count). The summed E-state index contributed by atoms with van der Waals surface area (Å²) < 4.78 is 13.8. The Kier molecular flexibility index (Phi) is 3.85. The lowest BCUT2D eigenvalue weighted by Gasteiger charge is -2.06. The smallest absolute Gasteiger partial charge is 0.258 e. The Morgan fingerprint density at radius 3 is 2.54 bits per heavy atom. The Morgan fingerprint density at radius 1 is 1.00 bits per heavy atom. The number of hydrogen-bond acceptors (Lipinski definition) is 3. The molecule has 0 spiro atoms. The molecule has 26 heavy (non-hydrogen) atoms. The van der Waals surface area contributed by atoms with Crippen LogP contribution in [-0.4, -0.2) is 21.0 Å². The molecule has 0 radical (unpaired) electrons. The van der Waals surface area contributed by atoms with Gasteiger partial charge in [0, 0.05) is 5.56 Å². The van der Waals surface area contributed by atoms with Crippen molar-refractivity contribution in [2.75, 3.05) is 5.32 Å². The molecule has 0 aliphatic carbocycles. The van der Waals surface area contributed by atoms with E-state index in [1.807, 2.05) is 6.07 Å². The molecular formula is C20H14FN3O2. The maximum Gasteiger partial charge on any atom is 0.258 e. The fourth-order valence-corrected chi connectivity index (χ4v) is 2.72. The third-order valence-electron chi connectivity index (χ3n) is 4.02. The minimum Gasteiger partial charge on any atom is -0.508 e. The monoisotopic (exact) mass is 347 g/mol. The number of imidazole rings is 1. The first-order valence-corrected chi connectivity index (χ1v) is 7.96. The van der Waals surface area contributed by atoms with Gasteiger partial charge >= 0.3 is 0 Å². The molecule has 3 aromatic carbocycles. The summed E-state index contributed by atoms with van der Waals surface area (Å²) >= 11 is 0. The van der Waals surface area contributed by atoms with Crippen LogP contribution in [0.15, 0.2) is 66.7 Å². The van der Waals surface area contributed by atoms with Gasteiger partial charge in [0.1, 0.15) is 22.9 Å². The SMILES string of the molecule is O=C(Nc1ccccc1F)c1cccc2[nH]c(-c3ccc(O)cc3)nc12. The van der Waals surface area contributed by atoms with Crippen molar-refractivity contribution in [2.24, 2.45) is 0 Å². The number of H-pyrrole nitrogens is 1. The van der Waals surface area contributed by atoms with Gasteiger partial charge in [-0.25, -0.2) is 9.37 Å². The van der Waals surface area contributed by atoms with E-state index in [1.54, 1.807) is 48.5 Å². The Labute approximate surface area is 148 Å². The van der Waals surface area contributed by atoms with Gasteiger partial charge in [-0.3, -0.25) is 4.79 Å². The summed E-state index contributed by atoms with van der Waals surface area (Å²) in [5.74, 6) is -0.203. The summed E-state index contributed by atoms with van der Waals surface area (Å²) in [5.41, 5.74) is 2.41. The zero-order valence-electron chi connectivity index (χ0n) is 13.5. The molecule has 128 valence electrons. The van der Waals surface area contributed by atoms with Crippen molar-refractivity contribution >= 4 is 22.6 Å². The van der Waals surface area contributed by atoms with Crippen molar-refractivity contribution in [1.82, 2.24) is 9.97 Å². The third-order valence-corrected chi connectivity index (χ3v) is 4.02. The van der Waals surface area contributed by atoms with E-state index in [2.05, 4.69) is 15.3 Å². The molecule has 4 aromatic rings. The normalized spacial score (nSPS) is 10.8. The number of aromatic hydroxyl groups is 1. The number of nitrogens with one attached hydrogen (secondary N) is 2. The first-order chi connectivity index (χ1) is 12.6. The van der Waals surface area contributed by atoms with Crippen molar-refractivity contribution in [3.63, 3.8) is 0 Å².